The number of hydrogen-bond donors (Lipinski definition) is 2. The van der Waals surface area contributed by atoms with Gasteiger partial charge < -0.3 is 15.0 Å². The molecule has 0 spiro atoms. The second-order valence-corrected chi connectivity index (χ2v) is 6.48. The molecule has 0 saturated heterocycles. The Kier molecular flexibility index (Phi) is 3.39. The number of aliphatic hydroxyl groups excluding tert-OH is 1. The van der Waals surface area contributed by atoms with E-state index < -0.39 is 0 Å². The zero-order valence-corrected chi connectivity index (χ0v) is 12.1. The molecule has 1 fully saturated rings. The maximum Gasteiger partial charge on any atom is 0.106 e. The zero-order chi connectivity index (χ0) is 13.5. The number of nitrogens with one attached hydrogen (secondary N) is 1. The van der Waals surface area contributed by atoms with Crippen LogP contribution in [-0.2, 0) is 19.4 Å². The molecule has 1 saturated carbocycles. The zero-order valence-electron chi connectivity index (χ0n) is 12.1. The van der Waals surface area contributed by atoms with Crippen molar-refractivity contribution in [3.05, 3.63) is 17.2 Å². The summed E-state index contributed by atoms with van der Waals surface area (Å²) in [7, 11) is 0. The minimum Gasteiger partial charge on any atom is -0.394 e. The number of nitrogens with zero attached hydrogens (tertiary/aromatic N) is 2. The predicted molar refractivity (Wildman–Crippen MR) is 75.3 cm³/mol. The van der Waals surface area contributed by atoms with Crippen LogP contribution in [-0.4, -0.2) is 32.8 Å². The predicted octanol–water partition coefficient (Wildman–Crippen LogP) is 1.57. The molecule has 0 aliphatic heterocycles. The molecule has 2 aliphatic rings. The van der Waals surface area contributed by atoms with E-state index in [9.17, 15) is 5.11 Å². The third-order valence-electron chi connectivity index (χ3n) is 4.41. The highest BCUT2D eigenvalue weighted by Gasteiger charge is 2.33. The molecule has 1 aromatic heterocycles. The van der Waals surface area contributed by atoms with Crippen LogP contribution in [0.1, 0.15) is 49.8 Å². The van der Waals surface area contributed by atoms with Crippen LogP contribution in [0.2, 0.25) is 0 Å². The highest BCUT2D eigenvalue weighted by Crippen LogP contribution is 2.26. The van der Waals surface area contributed by atoms with E-state index in [0.29, 0.717) is 6.04 Å². The molecule has 0 amide bonds. The molecule has 1 aromatic rings. The Hall–Kier alpha value is -0.870. The second-order valence-electron chi connectivity index (χ2n) is 6.48. The van der Waals surface area contributed by atoms with Crippen molar-refractivity contribution in [1.29, 1.82) is 0 Å². The number of hydrogen-bond acceptors (Lipinski definition) is 3. The van der Waals surface area contributed by atoms with Crippen LogP contribution < -0.4 is 5.32 Å². The van der Waals surface area contributed by atoms with Crippen molar-refractivity contribution in [2.24, 2.45) is 0 Å². The molecule has 106 valence electrons. The second kappa shape index (κ2) is 4.91. The topological polar surface area (TPSA) is 50.1 Å². The van der Waals surface area contributed by atoms with Crippen LogP contribution in [0, 0.1) is 6.92 Å². The Morgan fingerprint density at radius 2 is 2.11 bits per heavy atom. The van der Waals surface area contributed by atoms with E-state index in [2.05, 4.69) is 23.7 Å². The average molecular weight is 263 g/mol. The summed E-state index contributed by atoms with van der Waals surface area (Å²) in [4.78, 5) is 4.72. The fourth-order valence-electron chi connectivity index (χ4n) is 3.16. The maximum atomic E-state index is 9.76. The van der Waals surface area contributed by atoms with Crippen LogP contribution in [0.25, 0.3) is 0 Å². The molecule has 2 aliphatic carbocycles. The molecule has 4 heteroatoms. The average Bonchev–Trinajstić information content (AvgIpc) is 3.15. The smallest absolute Gasteiger partial charge is 0.106 e. The summed E-state index contributed by atoms with van der Waals surface area (Å²) in [6.45, 7) is 5.22. The number of imidazole rings is 1. The van der Waals surface area contributed by atoms with Crippen molar-refractivity contribution in [2.45, 2.75) is 70.5 Å². The van der Waals surface area contributed by atoms with E-state index in [0.717, 1.165) is 25.2 Å². The number of aryl methyl sites for hydroxylation is 2. The van der Waals surface area contributed by atoms with Gasteiger partial charge in [-0.05, 0) is 52.4 Å². The molecular formula is C15H25N3O. The van der Waals surface area contributed by atoms with Crippen molar-refractivity contribution >= 4 is 0 Å². The normalized spacial score (nSPS) is 22.1. The van der Waals surface area contributed by atoms with E-state index in [4.69, 9.17) is 4.98 Å². The third kappa shape index (κ3) is 2.70. The van der Waals surface area contributed by atoms with Gasteiger partial charge in [-0.25, -0.2) is 4.98 Å². The van der Waals surface area contributed by atoms with Crippen molar-refractivity contribution in [1.82, 2.24) is 14.9 Å². The number of fused-ring (bicyclic) bond motifs is 1. The Morgan fingerprint density at radius 1 is 1.37 bits per heavy atom. The molecule has 4 nitrogen and oxygen atoms in total. The molecule has 0 aromatic carbocycles. The highest BCUT2D eigenvalue weighted by molar-refractivity contribution is 5.20. The van der Waals surface area contributed by atoms with E-state index in [-0.39, 0.29) is 12.1 Å². The molecule has 2 N–H and O–H groups in total. The molecular weight excluding hydrogens is 238 g/mol. The first-order chi connectivity index (χ1) is 9.11. The molecule has 19 heavy (non-hydrogen) atoms. The van der Waals surface area contributed by atoms with Crippen molar-refractivity contribution in [3.8, 4) is 0 Å². The highest BCUT2D eigenvalue weighted by atomic mass is 16.3. The van der Waals surface area contributed by atoms with Crippen molar-refractivity contribution < 1.29 is 5.11 Å². The fraction of sp³-hybridized carbons (Fsp3) is 0.800. The summed E-state index contributed by atoms with van der Waals surface area (Å²) < 4.78 is 2.33. The van der Waals surface area contributed by atoms with Gasteiger partial charge in [0.2, 0.25) is 0 Å². The standard InChI is InChI=1S/C15H25N3O/c1-11-16-13-5-3-4-6-14(13)18(11)9-15(2,10-19)17-12-7-8-12/h12,17,19H,3-10H2,1-2H3. The minimum absolute atomic E-state index is 0.176. The van der Waals surface area contributed by atoms with Gasteiger partial charge in [-0.1, -0.05) is 0 Å². The van der Waals surface area contributed by atoms with Gasteiger partial charge in [0.25, 0.3) is 0 Å². The van der Waals surface area contributed by atoms with Gasteiger partial charge in [0.15, 0.2) is 0 Å². The van der Waals surface area contributed by atoms with E-state index in [1.807, 2.05) is 0 Å². The molecule has 0 bridgehead atoms. The van der Waals surface area contributed by atoms with Crippen LogP contribution >= 0.6 is 0 Å². The Balaban J connectivity index is 1.82. The van der Waals surface area contributed by atoms with Crippen LogP contribution in [0.4, 0.5) is 0 Å². The maximum absolute atomic E-state index is 9.76. The van der Waals surface area contributed by atoms with Crippen molar-refractivity contribution in [3.63, 3.8) is 0 Å². The Morgan fingerprint density at radius 3 is 2.79 bits per heavy atom. The lowest BCUT2D eigenvalue weighted by Gasteiger charge is -2.31. The molecule has 1 heterocycles. The Labute approximate surface area is 115 Å². The van der Waals surface area contributed by atoms with E-state index >= 15 is 0 Å². The fourth-order valence-corrected chi connectivity index (χ4v) is 3.16. The SMILES string of the molecule is Cc1nc2c(n1CC(C)(CO)NC1CC1)CCCC2. The van der Waals surface area contributed by atoms with Gasteiger partial charge in [-0.15, -0.1) is 0 Å². The summed E-state index contributed by atoms with van der Waals surface area (Å²) in [5, 5.41) is 13.4. The van der Waals surface area contributed by atoms with E-state index in [1.165, 1.54) is 37.1 Å². The molecule has 0 radical (unpaired) electrons. The molecule has 1 atom stereocenters. The lowest BCUT2D eigenvalue weighted by Crippen LogP contribution is -2.50. The lowest BCUT2D eigenvalue weighted by atomic mass is 9.99. The number of aliphatic hydroxyl groups is 1. The number of aromatic nitrogens is 2. The van der Waals surface area contributed by atoms with Crippen LogP contribution in [0.15, 0.2) is 0 Å². The lowest BCUT2D eigenvalue weighted by molar-refractivity contribution is 0.153. The molecule has 1 unspecified atom stereocenters. The summed E-state index contributed by atoms with van der Waals surface area (Å²) in [6, 6.07) is 0.608. The Bertz CT molecular complexity index is 464. The monoisotopic (exact) mass is 263 g/mol. The van der Waals surface area contributed by atoms with Gasteiger partial charge in [0, 0.05) is 18.3 Å². The third-order valence-corrected chi connectivity index (χ3v) is 4.41. The van der Waals surface area contributed by atoms with Crippen molar-refractivity contribution in [2.75, 3.05) is 6.61 Å². The van der Waals surface area contributed by atoms with Gasteiger partial charge in [-0.2, -0.15) is 0 Å². The van der Waals surface area contributed by atoms with Crippen LogP contribution in [0.3, 0.4) is 0 Å². The van der Waals surface area contributed by atoms with E-state index in [1.54, 1.807) is 0 Å². The summed E-state index contributed by atoms with van der Waals surface area (Å²) >= 11 is 0. The quantitative estimate of drug-likeness (QED) is 0.848. The van der Waals surface area contributed by atoms with Crippen LogP contribution in [0.5, 0.6) is 0 Å². The van der Waals surface area contributed by atoms with Gasteiger partial charge in [0.05, 0.1) is 17.8 Å². The summed E-state index contributed by atoms with van der Waals surface area (Å²) in [6.07, 6.45) is 7.29. The summed E-state index contributed by atoms with van der Waals surface area (Å²) in [5.41, 5.74) is 2.47. The first kappa shape index (κ1) is 13.1. The first-order valence-corrected chi connectivity index (χ1v) is 7.55. The van der Waals surface area contributed by atoms with Gasteiger partial charge in [0.1, 0.15) is 5.82 Å². The number of rotatable bonds is 5. The largest absolute Gasteiger partial charge is 0.394 e. The molecule has 3 rings (SSSR count). The first-order valence-electron chi connectivity index (χ1n) is 7.55. The van der Waals surface area contributed by atoms with Gasteiger partial charge in [-0.3, -0.25) is 0 Å². The van der Waals surface area contributed by atoms with Gasteiger partial charge >= 0.3 is 0 Å². The summed E-state index contributed by atoms with van der Waals surface area (Å²) in [5.74, 6) is 1.10. The minimum atomic E-state index is -0.224.